The van der Waals surface area contributed by atoms with Gasteiger partial charge in [0, 0.05) is 40.1 Å². The van der Waals surface area contributed by atoms with E-state index in [1.54, 1.807) is 11.8 Å². The molecule has 0 saturated carbocycles. The van der Waals surface area contributed by atoms with E-state index in [0.717, 1.165) is 41.4 Å². The Morgan fingerprint density at radius 2 is 2.04 bits per heavy atom. The number of carbonyl (C=O) groups excluding carboxylic acids is 2. The van der Waals surface area contributed by atoms with Gasteiger partial charge in [-0.15, -0.1) is 35.5 Å². The molecule has 0 atom stereocenters. The number of primary amides is 1. The predicted molar refractivity (Wildman–Crippen MR) is 120 cm³/mol. The molecule has 2 heterocycles. The third kappa shape index (κ3) is 5.64. The summed E-state index contributed by atoms with van der Waals surface area (Å²) in [5.41, 5.74) is 7.10. The zero-order valence-corrected chi connectivity index (χ0v) is 18.7. The fourth-order valence-corrected chi connectivity index (χ4v) is 5.35. The Bertz CT molecular complexity index is 840. The van der Waals surface area contributed by atoms with Crippen LogP contribution in [0.3, 0.4) is 0 Å². The normalized spacial score (nSPS) is 13.5. The smallest absolute Gasteiger partial charge is 0.251 e. The molecule has 0 spiro atoms. The first-order chi connectivity index (χ1) is 13.0. The van der Waals surface area contributed by atoms with Crippen LogP contribution in [0.1, 0.15) is 34.1 Å². The van der Waals surface area contributed by atoms with Crippen molar-refractivity contribution in [2.24, 2.45) is 5.73 Å². The molecular formula is C19H23Cl2N3O2S2. The number of nitrogens with one attached hydrogen (secondary N) is 1. The van der Waals surface area contributed by atoms with Gasteiger partial charge in [0.1, 0.15) is 5.00 Å². The van der Waals surface area contributed by atoms with Gasteiger partial charge in [-0.3, -0.25) is 14.5 Å². The second kappa shape index (κ2) is 10.5. The van der Waals surface area contributed by atoms with E-state index in [-0.39, 0.29) is 18.3 Å². The number of carbonyl (C=O) groups is 2. The van der Waals surface area contributed by atoms with Crippen LogP contribution in [0.25, 0.3) is 0 Å². The quantitative estimate of drug-likeness (QED) is 0.600. The molecule has 1 aliphatic rings. The predicted octanol–water partition coefficient (Wildman–Crippen LogP) is 4.42. The first kappa shape index (κ1) is 23.0. The van der Waals surface area contributed by atoms with E-state index in [4.69, 9.17) is 17.3 Å². The molecule has 0 radical (unpaired) electrons. The van der Waals surface area contributed by atoms with E-state index in [1.165, 1.54) is 11.3 Å². The summed E-state index contributed by atoms with van der Waals surface area (Å²) in [5.74, 6) is 0.0712. The molecule has 5 nitrogen and oxygen atoms in total. The first-order valence-electron chi connectivity index (χ1n) is 8.82. The summed E-state index contributed by atoms with van der Waals surface area (Å²) in [5, 5.41) is 4.19. The van der Waals surface area contributed by atoms with Gasteiger partial charge in [0.05, 0.1) is 5.56 Å². The lowest BCUT2D eigenvalue weighted by Crippen LogP contribution is -2.30. The van der Waals surface area contributed by atoms with Crippen molar-refractivity contribution in [2.75, 3.05) is 24.2 Å². The van der Waals surface area contributed by atoms with E-state index >= 15 is 0 Å². The monoisotopic (exact) mass is 459 g/mol. The van der Waals surface area contributed by atoms with Crippen molar-refractivity contribution in [2.45, 2.75) is 31.2 Å². The van der Waals surface area contributed by atoms with Crippen molar-refractivity contribution < 1.29 is 9.59 Å². The number of halogens is 2. The number of nitrogens with two attached hydrogens (primary N) is 1. The van der Waals surface area contributed by atoms with Crippen molar-refractivity contribution in [1.29, 1.82) is 0 Å². The second-order valence-corrected chi connectivity index (χ2v) is 9.00. The van der Waals surface area contributed by atoms with Crippen molar-refractivity contribution >= 4 is 63.9 Å². The molecular weight excluding hydrogens is 437 g/mol. The molecule has 2 amide bonds. The largest absolute Gasteiger partial charge is 0.365 e. The summed E-state index contributed by atoms with van der Waals surface area (Å²) >= 11 is 8.94. The van der Waals surface area contributed by atoms with Crippen LogP contribution in [0.5, 0.6) is 0 Å². The second-order valence-electron chi connectivity index (χ2n) is 6.29. The molecule has 0 aliphatic carbocycles. The van der Waals surface area contributed by atoms with E-state index in [9.17, 15) is 9.59 Å². The third-order valence-corrected chi connectivity index (χ3v) is 6.89. The van der Waals surface area contributed by atoms with Gasteiger partial charge >= 0.3 is 0 Å². The number of thiophene rings is 1. The fraction of sp³-hybridized carbons (Fsp3) is 0.368. The zero-order valence-electron chi connectivity index (χ0n) is 15.5. The van der Waals surface area contributed by atoms with Gasteiger partial charge in [-0.05, 0) is 42.8 Å². The lowest BCUT2D eigenvalue weighted by Gasteiger charge is -2.25. The number of rotatable bonds is 7. The van der Waals surface area contributed by atoms with Gasteiger partial charge in [-0.25, -0.2) is 0 Å². The van der Waals surface area contributed by atoms with Crippen LogP contribution in [-0.4, -0.2) is 35.6 Å². The molecule has 1 aromatic carbocycles. The molecule has 0 unspecified atom stereocenters. The van der Waals surface area contributed by atoms with E-state index in [0.29, 0.717) is 27.8 Å². The Morgan fingerprint density at radius 1 is 1.32 bits per heavy atom. The minimum absolute atomic E-state index is 0. The van der Waals surface area contributed by atoms with Gasteiger partial charge in [0.25, 0.3) is 5.91 Å². The average Bonchev–Trinajstić information content (AvgIpc) is 3.00. The van der Waals surface area contributed by atoms with Crippen LogP contribution in [0.2, 0.25) is 5.02 Å². The van der Waals surface area contributed by atoms with E-state index in [1.807, 2.05) is 24.3 Å². The highest BCUT2D eigenvalue weighted by Crippen LogP contribution is 2.37. The summed E-state index contributed by atoms with van der Waals surface area (Å²) in [4.78, 5) is 28.8. The lowest BCUT2D eigenvalue weighted by atomic mass is 10.0. The number of hydrogen-bond donors (Lipinski definition) is 2. The summed E-state index contributed by atoms with van der Waals surface area (Å²) in [6.45, 7) is 4.80. The highest BCUT2D eigenvalue weighted by molar-refractivity contribution is 7.99. The SMILES string of the molecule is CCN1CCc2c(sc(NC(=O)CCSc3ccc(Cl)cc3)c2C(N)=O)C1.Cl. The summed E-state index contributed by atoms with van der Waals surface area (Å²) in [6.07, 6.45) is 1.15. The van der Waals surface area contributed by atoms with Crippen LogP contribution >= 0.6 is 47.1 Å². The van der Waals surface area contributed by atoms with Crippen LogP contribution in [0.4, 0.5) is 5.00 Å². The number of thioether (sulfide) groups is 1. The Balaban J connectivity index is 0.00000280. The van der Waals surface area contributed by atoms with Crippen molar-refractivity contribution in [3.63, 3.8) is 0 Å². The van der Waals surface area contributed by atoms with Crippen molar-refractivity contribution in [3.05, 3.63) is 45.3 Å². The van der Waals surface area contributed by atoms with Gasteiger partial charge in [0.2, 0.25) is 5.91 Å². The van der Waals surface area contributed by atoms with Gasteiger partial charge in [-0.1, -0.05) is 18.5 Å². The topological polar surface area (TPSA) is 75.4 Å². The first-order valence-corrected chi connectivity index (χ1v) is 11.0. The lowest BCUT2D eigenvalue weighted by molar-refractivity contribution is -0.115. The van der Waals surface area contributed by atoms with Crippen LogP contribution in [0, 0.1) is 0 Å². The van der Waals surface area contributed by atoms with Crippen molar-refractivity contribution in [3.8, 4) is 0 Å². The van der Waals surface area contributed by atoms with Crippen LogP contribution < -0.4 is 11.1 Å². The fourth-order valence-electron chi connectivity index (χ4n) is 3.06. The number of amides is 2. The number of benzene rings is 1. The summed E-state index contributed by atoms with van der Waals surface area (Å²) in [6, 6.07) is 7.53. The molecule has 0 fully saturated rings. The number of fused-ring (bicyclic) bond motifs is 1. The maximum atomic E-state index is 12.4. The molecule has 9 heteroatoms. The molecule has 28 heavy (non-hydrogen) atoms. The standard InChI is InChI=1S/C19H22ClN3O2S2.ClH/c1-2-23-9-7-14-15(11-23)27-19(17(14)18(21)25)22-16(24)8-10-26-13-5-3-12(20)4-6-13;/h3-6H,2,7-11H2,1H3,(H2,21,25)(H,22,24);1H. The number of anilines is 1. The van der Waals surface area contributed by atoms with Crippen LogP contribution in [0.15, 0.2) is 29.2 Å². The van der Waals surface area contributed by atoms with Gasteiger partial charge < -0.3 is 11.1 Å². The molecule has 3 N–H and O–H groups in total. The van der Waals surface area contributed by atoms with Crippen molar-refractivity contribution in [1.82, 2.24) is 4.90 Å². The Morgan fingerprint density at radius 3 is 2.68 bits per heavy atom. The van der Waals surface area contributed by atoms with E-state index < -0.39 is 5.91 Å². The molecule has 0 bridgehead atoms. The molecule has 1 aliphatic heterocycles. The zero-order chi connectivity index (χ0) is 19.4. The van der Waals surface area contributed by atoms with Gasteiger partial charge in [-0.2, -0.15) is 0 Å². The van der Waals surface area contributed by atoms with Gasteiger partial charge in [0.15, 0.2) is 0 Å². The summed E-state index contributed by atoms with van der Waals surface area (Å²) in [7, 11) is 0. The molecule has 0 saturated heterocycles. The molecule has 1 aromatic heterocycles. The average molecular weight is 460 g/mol. The Kier molecular flexibility index (Phi) is 8.64. The third-order valence-electron chi connectivity index (χ3n) is 4.49. The molecule has 152 valence electrons. The maximum absolute atomic E-state index is 12.4. The van der Waals surface area contributed by atoms with E-state index in [2.05, 4.69) is 17.1 Å². The molecule has 3 rings (SSSR count). The summed E-state index contributed by atoms with van der Waals surface area (Å²) < 4.78 is 0. The highest BCUT2D eigenvalue weighted by Gasteiger charge is 2.27. The Hall–Kier alpha value is -1.25. The minimum atomic E-state index is -0.469. The minimum Gasteiger partial charge on any atom is -0.365 e. The Labute approximate surface area is 184 Å². The number of nitrogens with zero attached hydrogens (tertiary/aromatic N) is 1. The van der Waals surface area contributed by atoms with Crippen LogP contribution in [-0.2, 0) is 17.8 Å². The number of hydrogen-bond acceptors (Lipinski definition) is 5. The highest BCUT2D eigenvalue weighted by atomic mass is 35.5. The number of likely N-dealkylation sites (N-methyl/N-ethyl adjacent to an activating group) is 1. The maximum Gasteiger partial charge on any atom is 0.251 e. The molecule has 2 aromatic rings.